The molecule has 7 nitrogen and oxygen atoms in total. The van der Waals surface area contributed by atoms with Crippen molar-refractivity contribution in [3.63, 3.8) is 0 Å². The van der Waals surface area contributed by atoms with Crippen LogP contribution in [0.5, 0.6) is 0 Å². The van der Waals surface area contributed by atoms with E-state index in [2.05, 4.69) is 53.6 Å². The highest BCUT2D eigenvalue weighted by atomic mass is 32.2. The van der Waals surface area contributed by atoms with E-state index in [-0.39, 0.29) is 30.3 Å². The van der Waals surface area contributed by atoms with Gasteiger partial charge in [-0.25, -0.2) is 4.79 Å². The first-order chi connectivity index (χ1) is 22.3. The molecule has 0 heterocycles. The largest absolute Gasteiger partial charge is 0.467 e. The first-order valence-electron chi connectivity index (χ1n) is 15.8. The Labute approximate surface area is 277 Å². The molecule has 0 fully saturated rings. The number of nitrogens with zero attached hydrogens (tertiary/aromatic N) is 1. The molecule has 8 heteroatoms. The van der Waals surface area contributed by atoms with Gasteiger partial charge in [-0.2, -0.15) is 11.8 Å². The van der Waals surface area contributed by atoms with Gasteiger partial charge in [-0.1, -0.05) is 105 Å². The molecule has 0 saturated carbocycles. The minimum absolute atomic E-state index is 0.0601. The number of nitrogens with one attached hydrogen (secondary N) is 2. The van der Waals surface area contributed by atoms with E-state index in [9.17, 15) is 14.4 Å². The van der Waals surface area contributed by atoms with Crippen LogP contribution in [0.2, 0.25) is 0 Å². The number of ether oxygens (including phenoxy) is 1. The average molecular weight is 640 g/mol. The highest BCUT2D eigenvalue weighted by Gasteiger charge is 2.26. The fourth-order valence-corrected chi connectivity index (χ4v) is 6.02. The number of carbonyl (C=O) groups is 3. The van der Waals surface area contributed by atoms with Gasteiger partial charge >= 0.3 is 5.97 Å². The molecule has 3 atom stereocenters. The Morgan fingerprint density at radius 3 is 2.22 bits per heavy atom. The highest BCUT2D eigenvalue weighted by Crippen LogP contribution is 2.22. The van der Waals surface area contributed by atoms with Crippen LogP contribution in [0.3, 0.4) is 0 Å². The first kappa shape index (κ1) is 34.7. The van der Waals surface area contributed by atoms with Crippen LogP contribution < -0.4 is 10.6 Å². The minimum atomic E-state index is -0.715. The fourth-order valence-electron chi connectivity index (χ4n) is 5.55. The zero-order valence-electron chi connectivity index (χ0n) is 27.2. The van der Waals surface area contributed by atoms with Crippen LogP contribution in [-0.4, -0.2) is 67.0 Å². The predicted octanol–water partition coefficient (Wildman–Crippen LogP) is 6.56. The van der Waals surface area contributed by atoms with E-state index in [1.165, 1.54) is 7.11 Å². The smallest absolute Gasteiger partial charge is 0.328 e. The second-order valence-electron chi connectivity index (χ2n) is 11.6. The van der Waals surface area contributed by atoms with E-state index < -0.39 is 12.0 Å². The van der Waals surface area contributed by atoms with E-state index in [1.54, 1.807) is 11.8 Å². The maximum Gasteiger partial charge on any atom is 0.328 e. The number of methoxy groups -OCH3 is 1. The molecule has 0 aliphatic carbocycles. The Hall–Kier alpha value is -4.14. The standard InChI is InChI=1S/C38H45N3O4S/c1-5-27(2)35(40-37(43)31-20-18-29(19-21-31)28-12-7-6-8-13-28)25-41(24-32-16-11-15-30-14-9-10-17-33(30)32)26-36(42)39-34(22-23-46-4)38(44)45-3/h6-21,27,34-35H,5,22-26H2,1-4H3,(H,39,42)(H,40,43)/t27-,34-,35+/m0/s1. The molecule has 0 aliphatic rings. The lowest BCUT2D eigenvalue weighted by Gasteiger charge is -2.32. The molecule has 0 aliphatic heterocycles. The normalized spacial score (nSPS) is 13.2. The summed E-state index contributed by atoms with van der Waals surface area (Å²) in [5.74, 6) is -0.000358. The van der Waals surface area contributed by atoms with Gasteiger partial charge in [0.25, 0.3) is 5.91 Å². The lowest BCUT2D eigenvalue weighted by atomic mass is 9.97. The van der Waals surface area contributed by atoms with Gasteiger partial charge in [0.2, 0.25) is 5.91 Å². The molecule has 0 radical (unpaired) electrons. The molecule has 242 valence electrons. The van der Waals surface area contributed by atoms with E-state index in [0.29, 0.717) is 30.8 Å². The molecule has 2 amide bonds. The summed E-state index contributed by atoms with van der Waals surface area (Å²) < 4.78 is 4.96. The van der Waals surface area contributed by atoms with E-state index in [1.807, 2.05) is 79.1 Å². The van der Waals surface area contributed by atoms with Crippen molar-refractivity contribution in [2.24, 2.45) is 5.92 Å². The number of esters is 1. The van der Waals surface area contributed by atoms with Crippen molar-refractivity contribution in [1.82, 2.24) is 15.5 Å². The second kappa shape index (κ2) is 17.5. The summed E-state index contributed by atoms with van der Waals surface area (Å²) in [6, 6.07) is 31.2. The summed E-state index contributed by atoms with van der Waals surface area (Å²) in [6.45, 7) is 5.23. The summed E-state index contributed by atoms with van der Waals surface area (Å²) in [6.07, 6.45) is 3.30. The molecule has 0 unspecified atom stereocenters. The van der Waals surface area contributed by atoms with Crippen LogP contribution >= 0.6 is 11.8 Å². The number of benzene rings is 4. The molecule has 4 aromatic rings. The van der Waals surface area contributed by atoms with Gasteiger partial charge in [-0.05, 0) is 63.9 Å². The molecule has 0 spiro atoms. The maximum atomic E-state index is 13.6. The van der Waals surface area contributed by atoms with Gasteiger partial charge < -0.3 is 15.4 Å². The number of carbonyl (C=O) groups excluding carboxylic acids is 3. The molecular formula is C38H45N3O4S. The van der Waals surface area contributed by atoms with Crippen molar-refractivity contribution >= 4 is 40.3 Å². The summed E-state index contributed by atoms with van der Waals surface area (Å²) >= 11 is 1.61. The van der Waals surface area contributed by atoms with Gasteiger partial charge in [0.05, 0.1) is 13.7 Å². The third-order valence-electron chi connectivity index (χ3n) is 8.43. The topological polar surface area (TPSA) is 87.7 Å². The van der Waals surface area contributed by atoms with Crippen molar-refractivity contribution in [2.45, 2.75) is 45.3 Å². The number of rotatable bonds is 16. The fraction of sp³-hybridized carbons (Fsp3) is 0.342. The molecule has 0 aromatic heterocycles. The third kappa shape index (κ3) is 9.68. The Bertz CT molecular complexity index is 1570. The number of hydrogen-bond donors (Lipinski definition) is 2. The van der Waals surface area contributed by atoms with E-state index >= 15 is 0 Å². The zero-order valence-corrected chi connectivity index (χ0v) is 28.0. The lowest BCUT2D eigenvalue weighted by molar-refractivity contribution is -0.145. The molecule has 0 bridgehead atoms. The second-order valence-corrected chi connectivity index (χ2v) is 12.6. The summed E-state index contributed by atoms with van der Waals surface area (Å²) in [4.78, 5) is 41.5. The number of thioether (sulfide) groups is 1. The van der Waals surface area contributed by atoms with Gasteiger partial charge in [-0.15, -0.1) is 0 Å². The van der Waals surface area contributed by atoms with Crippen LogP contribution in [0.15, 0.2) is 97.1 Å². The quantitative estimate of drug-likeness (QED) is 0.135. The lowest BCUT2D eigenvalue weighted by Crippen LogP contribution is -2.51. The zero-order chi connectivity index (χ0) is 32.9. The summed E-state index contributed by atoms with van der Waals surface area (Å²) in [7, 11) is 1.34. The van der Waals surface area contributed by atoms with Crippen molar-refractivity contribution in [3.05, 3.63) is 108 Å². The Morgan fingerprint density at radius 2 is 1.52 bits per heavy atom. The van der Waals surface area contributed by atoms with Crippen molar-refractivity contribution < 1.29 is 19.1 Å². The van der Waals surface area contributed by atoms with Crippen molar-refractivity contribution in [3.8, 4) is 11.1 Å². The molecule has 0 saturated heterocycles. The minimum Gasteiger partial charge on any atom is -0.467 e. The van der Waals surface area contributed by atoms with Crippen LogP contribution in [0, 0.1) is 5.92 Å². The van der Waals surface area contributed by atoms with Gasteiger partial charge in [0, 0.05) is 24.7 Å². The molecule has 46 heavy (non-hydrogen) atoms. The number of fused-ring (bicyclic) bond motifs is 1. The molecule has 2 N–H and O–H groups in total. The van der Waals surface area contributed by atoms with E-state index in [4.69, 9.17) is 4.74 Å². The maximum absolute atomic E-state index is 13.6. The predicted molar refractivity (Wildman–Crippen MR) is 189 cm³/mol. The van der Waals surface area contributed by atoms with Gasteiger partial charge in [0.1, 0.15) is 6.04 Å². The van der Waals surface area contributed by atoms with Crippen LogP contribution in [0.4, 0.5) is 0 Å². The monoisotopic (exact) mass is 639 g/mol. The SMILES string of the molecule is CC[C@H](C)[C@@H](CN(CC(=O)N[C@@H](CCSC)C(=O)OC)Cc1cccc2ccccc12)NC(=O)c1ccc(-c2ccccc2)cc1. The van der Waals surface area contributed by atoms with Crippen LogP contribution in [-0.2, 0) is 20.9 Å². The van der Waals surface area contributed by atoms with Gasteiger partial charge in [0.15, 0.2) is 0 Å². The molecule has 4 rings (SSSR count). The molecule has 4 aromatic carbocycles. The van der Waals surface area contributed by atoms with Crippen LogP contribution in [0.25, 0.3) is 21.9 Å². The average Bonchev–Trinajstić information content (AvgIpc) is 3.09. The van der Waals surface area contributed by atoms with Crippen molar-refractivity contribution in [2.75, 3.05) is 32.2 Å². The van der Waals surface area contributed by atoms with Crippen LogP contribution in [0.1, 0.15) is 42.6 Å². The highest BCUT2D eigenvalue weighted by molar-refractivity contribution is 7.98. The number of hydrogen-bond acceptors (Lipinski definition) is 6. The molecular weight excluding hydrogens is 595 g/mol. The van der Waals surface area contributed by atoms with E-state index in [0.717, 1.165) is 33.9 Å². The Kier molecular flexibility index (Phi) is 13.2. The van der Waals surface area contributed by atoms with Crippen molar-refractivity contribution in [1.29, 1.82) is 0 Å². The Balaban J connectivity index is 1.56. The number of amides is 2. The van der Waals surface area contributed by atoms with Gasteiger partial charge in [-0.3, -0.25) is 14.5 Å². The summed E-state index contributed by atoms with van der Waals surface area (Å²) in [5, 5.41) is 8.42. The Morgan fingerprint density at radius 1 is 0.848 bits per heavy atom. The third-order valence-corrected chi connectivity index (χ3v) is 9.07. The summed E-state index contributed by atoms with van der Waals surface area (Å²) in [5.41, 5.74) is 3.81. The first-order valence-corrected chi connectivity index (χ1v) is 17.2.